The number of piperidine rings is 1. The molecule has 5 heteroatoms. The van der Waals surface area contributed by atoms with Crippen molar-refractivity contribution in [3.63, 3.8) is 0 Å². The van der Waals surface area contributed by atoms with Gasteiger partial charge in [-0.25, -0.2) is 12.7 Å². The zero-order valence-electron chi connectivity index (χ0n) is 13.8. The highest BCUT2D eigenvalue weighted by atomic mass is 32.2. The average molecular weight is 320 g/mol. The highest BCUT2D eigenvalue weighted by Gasteiger charge is 2.27. The first-order chi connectivity index (χ1) is 9.93. The van der Waals surface area contributed by atoms with Gasteiger partial charge in [0.2, 0.25) is 10.0 Å². The number of unbranched alkanes of at least 4 members (excludes halogenated alkanes) is 5. The molecule has 0 aliphatic carbocycles. The lowest BCUT2D eigenvalue weighted by Gasteiger charge is -2.32. The van der Waals surface area contributed by atoms with Crippen LogP contribution in [0.3, 0.4) is 0 Å². The topological polar surface area (TPSA) is 57.6 Å². The van der Waals surface area contributed by atoms with Crippen molar-refractivity contribution in [3.05, 3.63) is 0 Å². The van der Waals surface area contributed by atoms with Crippen LogP contribution in [0.1, 0.15) is 71.1 Å². The standard InChI is InChI=1S/C16H33NO3S/c1-3-4-5-6-7-8-11-16(18)13-15-10-9-12-17(14-15)21(2,19)20/h15-16,18H,3-14H2,1-2H3. The fourth-order valence-electron chi connectivity index (χ4n) is 3.18. The van der Waals surface area contributed by atoms with Crippen LogP contribution in [-0.4, -0.2) is 43.3 Å². The van der Waals surface area contributed by atoms with Crippen LogP contribution in [-0.2, 0) is 10.0 Å². The molecule has 0 aromatic rings. The number of aliphatic hydroxyl groups is 1. The molecule has 21 heavy (non-hydrogen) atoms. The van der Waals surface area contributed by atoms with Crippen molar-refractivity contribution < 1.29 is 13.5 Å². The third-order valence-corrected chi connectivity index (χ3v) is 5.72. The Kier molecular flexibility index (Phi) is 8.83. The molecule has 1 heterocycles. The molecule has 2 atom stereocenters. The van der Waals surface area contributed by atoms with Crippen LogP contribution >= 0.6 is 0 Å². The molecule has 0 spiro atoms. The maximum absolute atomic E-state index is 11.6. The first-order valence-corrected chi connectivity index (χ1v) is 10.4. The fraction of sp³-hybridized carbons (Fsp3) is 1.00. The molecular formula is C16H33NO3S. The average Bonchev–Trinajstić information content (AvgIpc) is 2.42. The molecule has 2 unspecified atom stereocenters. The molecule has 4 nitrogen and oxygen atoms in total. The van der Waals surface area contributed by atoms with Crippen LogP contribution in [0.15, 0.2) is 0 Å². The second kappa shape index (κ2) is 9.80. The zero-order chi connectivity index (χ0) is 15.7. The Morgan fingerprint density at radius 2 is 1.86 bits per heavy atom. The van der Waals surface area contributed by atoms with Gasteiger partial charge in [-0.3, -0.25) is 0 Å². The molecule has 1 aliphatic rings. The summed E-state index contributed by atoms with van der Waals surface area (Å²) >= 11 is 0. The van der Waals surface area contributed by atoms with Gasteiger partial charge in [0.25, 0.3) is 0 Å². The molecule has 0 bridgehead atoms. The molecule has 1 saturated heterocycles. The van der Waals surface area contributed by atoms with Crippen LogP contribution in [0.4, 0.5) is 0 Å². The highest BCUT2D eigenvalue weighted by Crippen LogP contribution is 2.24. The molecule has 126 valence electrons. The zero-order valence-corrected chi connectivity index (χ0v) is 14.6. The lowest BCUT2D eigenvalue weighted by Crippen LogP contribution is -2.40. The molecule has 1 rings (SSSR count). The van der Waals surface area contributed by atoms with E-state index in [1.54, 1.807) is 4.31 Å². The van der Waals surface area contributed by atoms with Gasteiger partial charge in [-0.05, 0) is 31.6 Å². The number of rotatable bonds is 10. The largest absolute Gasteiger partial charge is 0.393 e. The summed E-state index contributed by atoms with van der Waals surface area (Å²) in [7, 11) is -3.07. The summed E-state index contributed by atoms with van der Waals surface area (Å²) in [5.41, 5.74) is 0. The highest BCUT2D eigenvalue weighted by molar-refractivity contribution is 7.88. The quantitative estimate of drug-likeness (QED) is 0.629. The smallest absolute Gasteiger partial charge is 0.211 e. The monoisotopic (exact) mass is 319 g/mol. The summed E-state index contributed by atoms with van der Waals surface area (Å²) in [6.07, 6.45) is 12.0. The number of hydrogen-bond donors (Lipinski definition) is 1. The third kappa shape index (κ3) is 8.17. The molecule has 0 aromatic carbocycles. The van der Waals surface area contributed by atoms with Crippen LogP contribution in [0.5, 0.6) is 0 Å². The molecule has 0 saturated carbocycles. The fourth-order valence-corrected chi connectivity index (χ4v) is 4.13. The SMILES string of the molecule is CCCCCCCCC(O)CC1CCCN(S(C)(=O)=O)C1. The Balaban J connectivity index is 2.17. The van der Waals surface area contributed by atoms with Crippen molar-refractivity contribution in [2.45, 2.75) is 77.2 Å². The maximum Gasteiger partial charge on any atom is 0.211 e. The minimum atomic E-state index is -3.07. The van der Waals surface area contributed by atoms with Crippen LogP contribution < -0.4 is 0 Å². The number of sulfonamides is 1. The van der Waals surface area contributed by atoms with E-state index >= 15 is 0 Å². The molecule has 0 amide bonds. The van der Waals surface area contributed by atoms with Crippen LogP contribution in [0.2, 0.25) is 0 Å². The first kappa shape index (κ1) is 18.9. The van der Waals surface area contributed by atoms with Crippen molar-refractivity contribution in [3.8, 4) is 0 Å². The number of nitrogens with zero attached hydrogens (tertiary/aromatic N) is 1. The van der Waals surface area contributed by atoms with E-state index in [0.717, 1.165) is 32.1 Å². The van der Waals surface area contributed by atoms with E-state index in [1.807, 2.05) is 0 Å². The van der Waals surface area contributed by atoms with Gasteiger partial charge >= 0.3 is 0 Å². The van der Waals surface area contributed by atoms with Crippen molar-refractivity contribution in [1.82, 2.24) is 4.31 Å². The van der Waals surface area contributed by atoms with E-state index in [9.17, 15) is 13.5 Å². The Morgan fingerprint density at radius 1 is 1.19 bits per heavy atom. The number of aliphatic hydroxyl groups excluding tert-OH is 1. The molecule has 1 N–H and O–H groups in total. The minimum Gasteiger partial charge on any atom is -0.393 e. The second-order valence-electron chi connectivity index (χ2n) is 6.58. The lowest BCUT2D eigenvalue weighted by atomic mass is 9.91. The Hall–Kier alpha value is -0.130. The van der Waals surface area contributed by atoms with Crippen molar-refractivity contribution in [2.75, 3.05) is 19.3 Å². The van der Waals surface area contributed by atoms with Gasteiger partial charge in [-0.15, -0.1) is 0 Å². The maximum atomic E-state index is 11.6. The molecule has 1 aliphatic heterocycles. The van der Waals surface area contributed by atoms with E-state index in [4.69, 9.17) is 0 Å². The Labute approximate surface area is 131 Å². The second-order valence-corrected chi connectivity index (χ2v) is 8.56. The van der Waals surface area contributed by atoms with Crippen LogP contribution in [0, 0.1) is 5.92 Å². The summed E-state index contributed by atoms with van der Waals surface area (Å²) in [6.45, 7) is 3.45. The molecular weight excluding hydrogens is 286 g/mol. The molecule has 1 fully saturated rings. The summed E-state index contributed by atoms with van der Waals surface area (Å²) < 4.78 is 24.7. The van der Waals surface area contributed by atoms with Gasteiger partial charge in [-0.2, -0.15) is 0 Å². The normalized spacial score (nSPS) is 22.3. The summed E-state index contributed by atoms with van der Waals surface area (Å²) in [6, 6.07) is 0. The van der Waals surface area contributed by atoms with Crippen molar-refractivity contribution >= 4 is 10.0 Å². The Bertz CT molecular complexity index is 370. The Morgan fingerprint density at radius 3 is 2.52 bits per heavy atom. The van der Waals surface area contributed by atoms with Crippen molar-refractivity contribution in [2.24, 2.45) is 5.92 Å². The van der Waals surface area contributed by atoms with Gasteiger partial charge in [0, 0.05) is 13.1 Å². The van der Waals surface area contributed by atoms with E-state index in [1.165, 1.54) is 38.4 Å². The van der Waals surface area contributed by atoms with Gasteiger partial charge in [-0.1, -0.05) is 45.4 Å². The third-order valence-electron chi connectivity index (χ3n) is 4.45. The van der Waals surface area contributed by atoms with Gasteiger partial charge in [0.05, 0.1) is 12.4 Å². The summed E-state index contributed by atoms with van der Waals surface area (Å²) in [5, 5.41) is 10.1. The summed E-state index contributed by atoms with van der Waals surface area (Å²) in [5.74, 6) is 0.323. The van der Waals surface area contributed by atoms with Crippen molar-refractivity contribution in [1.29, 1.82) is 0 Å². The minimum absolute atomic E-state index is 0.263. The molecule has 0 aromatic heterocycles. The van der Waals surface area contributed by atoms with E-state index in [-0.39, 0.29) is 6.10 Å². The lowest BCUT2D eigenvalue weighted by molar-refractivity contribution is 0.112. The van der Waals surface area contributed by atoms with E-state index in [0.29, 0.717) is 19.0 Å². The molecule has 0 radical (unpaired) electrons. The van der Waals surface area contributed by atoms with Gasteiger partial charge < -0.3 is 5.11 Å². The summed E-state index contributed by atoms with van der Waals surface area (Å²) in [4.78, 5) is 0. The number of hydrogen-bond acceptors (Lipinski definition) is 3. The van der Waals surface area contributed by atoms with Gasteiger partial charge in [0.1, 0.15) is 0 Å². The van der Waals surface area contributed by atoms with E-state index in [2.05, 4.69) is 6.92 Å². The predicted octanol–water partition coefficient (Wildman–Crippen LogP) is 3.16. The predicted molar refractivity (Wildman–Crippen MR) is 87.8 cm³/mol. The van der Waals surface area contributed by atoms with Crippen LogP contribution in [0.25, 0.3) is 0 Å². The van der Waals surface area contributed by atoms with E-state index < -0.39 is 10.0 Å². The first-order valence-electron chi connectivity index (χ1n) is 8.56. The van der Waals surface area contributed by atoms with Gasteiger partial charge in [0.15, 0.2) is 0 Å².